The predicted octanol–water partition coefficient (Wildman–Crippen LogP) is 2.11. The van der Waals surface area contributed by atoms with Crippen LogP contribution in [0.5, 0.6) is 0 Å². The van der Waals surface area contributed by atoms with Crippen LogP contribution in [0.25, 0.3) is 0 Å². The highest BCUT2D eigenvalue weighted by Crippen LogP contribution is 2.37. The third kappa shape index (κ3) is 2.58. The summed E-state index contributed by atoms with van der Waals surface area (Å²) in [4.78, 5) is 8.47. The lowest BCUT2D eigenvalue weighted by Gasteiger charge is -2.19. The van der Waals surface area contributed by atoms with Gasteiger partial charge in [0.2, 0.25) is 0 Å². The van der Waals surface area contributed by atoms with E-state index in [9.17, 15) is 0 Å². The summed E-state index contributed by atoms with van der Waals surface area (Å²) in [6.07, 6.45) is 7.54. The van der Waals surface area contributed by atoms with Crippen LogP contribution in [-0.2, 0) is 20.0 Å². The summed E-state index contributed by atoms with van der Waals surface area (Å²) in [7, 11) is 6.09. The number of hydrogen-bond acceptors (Lipinski definition) is 5. The van der Waals surface area contributed by atoms with E-state index >= 15 is 0 Å². The fourth-order valence-electron chi connectivity index (χ4n) is 2.74. The van der Waals surface area contributed by atoms with E-state index in [-0.39, 0.29) is 0 Å². The highest BCUT2D eigenvalue weighted by atomic mass is 32.1. The van der Waals surface area contributed by atoms with Crippen molar-refractivity contribution < 1.29 is 0 Å². The molecular weight excluding hydrogens is 270 g/mol. The van der Waals surface area contributed by atoms with E-state index < -0.39 is 0 Å². The number of rotatable bonds is 4. The van der Waals surface area contributed by atoms with Crippen LogP contribution in [0.4, 0.5) is 5.13 Å². The molecule has 0 radical (unpaired) electrons. The third-order valence-corrected chi connectivity index (χ3v) is 5.12. The number of anilines is 1. The summed E-state index contributed by atoms with van der Waals surface area (Å²) >= 11 is 1.83. The Morgan fingerprint density at radius 3 is 3.10 bits per heavy atom. The predicted molar refractivity (Wildman–Crippen MR) is 82.2 cm³/mol. The molecule has 0 amide bonds. The van der Waals surface area contributed by atoms with Crippen LogP contribution in [0.3, 0.4) is 0 Å². The van der Waals surface area contributed by atoms with Gasteiger partial charge < -0.3 is 10.2 Å². The second-order valence-corrected chi connectivity index (χ2v) is 6.43. The monoisotopic (exact) mass is 291 g/mol. The summed E-state index contributed by atoms with van der Waals surface area (Å²) in [6, 6.07) is 0.483. The molecule has 2 aromatic heterocycles. The number of hydrogen-bond donors (Lipinski definition) is 1. The molecule has 0 aromatic carbocycles. The average molecular weight is 291 g/mol. The van der Waals surface area contributed by atoms with Crippen LogP contribution in [-0.4, -0.2) is 28.9 Å². The van der Waals surface area contributed by atoms with Gasteiger partial charge in [-0.1, -0.05) is 11.3 Å². The van der Waals surface area contributed by atoms with Crippen LogP contribution in [0.15, 0.2) is 12.4 Å². The van der Waals surface area contributed by atoms with Gasteiger partial charge in [-0.05, 0) is 26.3 Å². The Kier molecular flexibility index (Phi) is 3.76. The Hall–Kier alpha value is -1.40. The Bertz CT molecular complexity index is 588. The van der Waals surface area contributed by atoms with E-state index in [2.05, 4.69) is 28.6 Å². The number of aryl methyl sites for hydroxylation is 2. The van der Waals surface area contributed by atoms with Crippen LogP contribution in [0, 0.1) is 0 Å². The van der Waals surface area contributed by atoms with Crippen molar-refractivity contribution in [3.05, 3.63) is 28.5 Å². The van der Waals surface area contributed by atoms with E-state index in [0.717, 1.165) is 18.1 Å². The number of nitrogens with one attached hydrogen (secondary N) is 1. The summed E-state index contributed by atoms with van der Waals surface area (Å²) in [5, 5.41) is 8.73. The Morgan fingerprint density at radius 1 is 1.55 bits per heavy atom. The van der Waals surface area contributed by atoms with Gasteiger partial charge in [0.1, 0.15) is 0 Å². The quantitative estimate of drug-likeness (QED) is 0.937. The molecule has 108 valence electrons. The highest BCUT2D eigenvalue weighted by molar-refractivity contribution is 7.15. The minimum Gasteiger partial charge on any atom is -0.347 e. The van der Waals surface area contributed by atoms with Crippen LogP contribution < -0.4 is 10.2 Å². The van der Waals surface area contributed by atoms with Crippen molar-refractivity contribution in [2.45, 2.75) is 31.8 Å². The Morgan fingerprint density at radius 2 is 2.40 bits per heavy atom. The first-order valence-corrected chi connectivity index (χ1v) is 7.84. The number of thiazole rings is 1. The highest BCUT2D eigenvalue weighted by Gasteiger charge is 2.24. The maximum Gasteiger partial charge on any atom is 0.185 e. The molecule has 2 aromatic rings. The van der Waals surface area contributed by atoms with Gasteiger partial charge in [0, 0.05) is 43.3 Å². The van der Waals surface area contributed by atoms with Gasteiger partial charge in [0.25, 0.3) is 0 Å². The summed E-state index contributed by atoms with van der Waals surface area (Å²) < 4.78 is 1.84. The zero-order valence-corrected chi connectivity index (χ0v) is 13.1. The van der Waals surface area contributed by atoms with Gasteiger partial charge in [-0.25, -0.2) is 4.98 Å². The van der Waals surface area contributed by atoms with Gasteiger partial charge >= 0.3 is 0 Å². The van der Waals surface area contributed by atoms with Crippen molar-refractivity contribution in [1.82, 2.24) is 20.1 Å². The van der Waals surface area contributed by atoms with E-state index in [4.69, 9.17) is 4.98 Å². The van der Waals surface area contributed by atoms with E-state index in [1.54, 1.807) is 0 Å². The summed E-state index contributed by atoms with van der Waals surface area (Å²) in [5.41, 5.74) is 2.50. The fraction of sp³-hybridized carbons (Fsp3) is 0.571. The van der Waals surface area contributed by atoms with Crippen molar-refractivity contribution in [1.29, 1.82) is 0 Å². The van der Waals surface area contributed by atoms with E-state index in [1.807, 2.05) is 36.3 Å². The average Bonchev–Trinajstić information content (AvgIpc) is 3.04. The van der Waals surface area contributed by atoms with E-state index in [1.165, 1.54) is 29.0 Å². The van der Waals surface area contributed by atoms with Gasteiger partial charge in [0.05, 0.1) is 11.9 Å². The second-order valence-electron chi connectivity index (χ2n) is 5.42. The molecule has 0 saturated carbocycles. The SMILES string of the molecule is CNC1CCCc2nc(N(C)Cc3cnn(C)c3)sc21. The fourth-order valence-corrected chi connectivity index (χ4v) is 3.96. The lowest BCUT2D eigenvalue weighted by Crippen LogP contribution is -2.19. The van der Waals surface area contributed by atoms with Crippen LogP contribution in [0.2, 0.25) is 0 Å². The molecule has 3 rings (SSSR count). The first-order chi connectivity index (χ1) is 9.67. The van der Waals surface area contributed by atoms with Gasteiger partial charge in [-0.2, -0.15) is 5.10 Å². The minimum atomic E-state index is 0.483. The standard InChI is InChI=1S/C14H21N5S/c1-15-11-5-4-6-12-13(11)20-14(17-12)18(2)8-10-7-16-19(3)9-10/h7,9,11,15H,4-6,8H2,1-3H3. The lowest BCUT2D eigenvalue weighted by atomic mass is 9.98. The molecule has 5 nitrogen and oxygen atoms in total. The van der Waals surface area contributed by atoms with Gasteiger partial charge in [-0.3, -0.25) is 4.68 Å². The molecule has 0 saturated heterocycles. The van der Waals surface area contributed by atoms with Crippen molar-refractivity contribution in [2.24, 2.45) is 7.05 Å². The summed E-state index contributed by atoms with van der Waals surface area (Å²) in [5.74, 6) is 0. The van der Waals surface area contributed by atoms with Gasteiger partial charge in [-0.15, -0.1) is 0 Å². The van der Waals surface area contributed by atoms with E-state index in [0.29, 0.717) is 6.04 Å². The summed E-state index contributed by atoms with van der Waals surface area (Å²) in [6.45, 7) is 0.852. The topological polar surface area (TPSA) is 46.0 Å². The Balaban J connectivity index is 1.78. The molecule has 1 aliphatic carbocycles. The van der Waals surface area contributed by atoms with Crippen LogP contribution >= 0.6 is 11.3 Å². The molecule has 2 heterocycles. The smallest absolute Gasteiger partial charge is 0.185 e. The van der Waals surface area contributed by atoms with Crippen molar-refractivity contribution in [2.75, 3.05) is 19.0 Å². The molecule has 6 heteroatoms. The number of fused-ring (bicyclic) bond motifs is 1. The third-order valence-electron chi connectivity index (χ3n) is 3.79. The zero-order valence-electron chi connectivity index (χ0n) is 12.3. The first-order valence-electron chi connectivity index (χ1n) is 7.03. The zero-order chi connectivity index (χ0) is 14.1. The second kappa shape index (κ2) is 5.54. The minimum absolute atomic E-state index is 0.483. The number of nitrogens with zero attached hydrogens (tertiary/aromatic N) is 4. The maximum absolute atomic E-state index is 4.83. The largest absolute Gasteiger partial charge is 0.347 e. The first kappa shape index (κ1) is 13.6. The van der Waals surface area contributed by atoms with Crippen molar-refractivity contribution in [3.8, 4) is 0 Å². The molecule has 0 bridgehead atoms. The molecule has 0 aliphatic heterocycles. The number of aromatic nitrogens is 3. The molecule has 0 spiro atoms. The maximum atomic E-state index is 4.83. The molecule has 1 aliphatic rings. The normalized spacial score (nSPS) is 18.1. The molecule has 1 unspecified atom stereocenters. The molecule has 1 N–H and O–H groups in total. The molecular formula is C14H21N5S. The van der Waals surface area contributed by atoms with Gasteiger partial charge in [0.15, 0.2) is 5.13 Å². The molecule has 0 fully saturated rings. The Labute approximate surface area is 123 Å². The van der Waals surface area contributed by atoms with Crippen molar-refractivity contribution >= 4 is 16.5 Å². The molecule has 1 atom stereocenters. The van der Waals surface area contributed by atoms with Crippen molar-refractivity contribution in [3.63, 3.8) is 0 Å². The van der Waals surface area contributed by atoms with Crippen LogP contribution in [0.1, 0.15) is 35.0 Å². The lowest BCUT2D eigenvalue weighted by molar-refractivity contribution is 0.501. The molecule has 20 heavy (non-hydrogen) atoms.